The van der Waals surface area contributed by atoms with Crippen LogP contribution in [-0.2, 0) is 4.79 Å². The molecule has 1 amide bonds. The Morgan fingerprint density at radius 2 is 1.75 bits per heavy atom. The highest BCUT2D eigenvalue weighted by Gasteiger charge is 2.25. The molecule has 2 aromatic carbocycles. The predicted molar refractivity (Wildman–Crippen MR) is 102 cm³/mol. The Balaban J connectivity index is 2.16. The van der Waals surface area contributed by atoms with E-state index in [1.165, 1.54) is 0 Å². The van der Waals surface area contributed by atoms with Gasteiger partial charge in [0.15, 0.2) is 11.5 Å². The Bertz CT molecular complexity index is 845. The van der Waals surface area contributed by atoms with Crippen molar-refractivity contribution in [2.45, 2.75) is 0 Å². The molecule has 0 saturated carbocycles. The number of rotatable bonds is 4. The molecule has 1 aliphatic heterocycles. The van der Waals surface area contributed by atoms with Crippen LogP contribution in [0, 0.1) is 3.57 Å². The lowest BCUT2D eigenvalue weighted by Crippen LogP contribution is -2.04. The first-order chi connectivity index (χ1) is 11.6. The van der Waals surface area contributed by atoms with Crippen molar-refractivity contribution in [3.05, 3.63) is 45.0 Å². The molecule has 0 unspecified atom stereocenters. The number of amides is 1. The minimum atomic E-state index is -0.135. The maximum atomic E-state index is 12.3. The summed E-state index contributed by atoms with van der Waals surface area (Å²) >= 11 is 2.23. The second kappa shape index (κ2) is 6.72. The first-order valence-corrected chi connectivity index (χ1v) is 8.29. The average molecular weight is 437 g/mol. The number of hydrogen-bond donors (Lipinski definition) is 1. The van der Waals surface area contributed by atoms with E-state index in [1.807, 2.05) is 24.3 Å². The number of methoxy groups -OCH3 is 3. The molecule has 2 aromatic rings. The Morgan fingerprint density at radius 1 is 1.00 bits per heavy atom. The molecular formula is C18H16INO4. The molecule has 6 heteroatoms. The third-order valence-corrected chi connectivity index (χ3v) is 4.47. The topological polar surface area (TPSA) is 56.8 Å². The molecule has 1 aliphatic rings. The molecular weight excluding hydrogens is 421 g/mol. The zero-order valence-corrected chi connectivity index (χ0v) is 15.6. The maximum Gasteiger partial charge on any atom is 0.256 e. The van der Waals surface area contributed by atoms with Crippen LogP contribution in [0.3, 0.4) is 0 Å². The predicted octanol–water partition coefficient (Wildman–Crippen LogP) is 3.81. The van der Waals surface area contributed by atoms with Crippen LogP contribution in [0.25, 0.3) is 11.6 Å². The fraction of sp³-hybridized carbons (Fsp3) is 0.167. The third kappa shape index (κ3) is 2.82. The van der Waals surface area contributed by atoms with Gasteiger partial charge in [0.1, 0.15) is 0 Å². The van der Waals surface area contributed by atoms with E-state index in [-0.39, 0.29) is 5.91 Å². The summed E-state index contributed by atoms with van der Waals surface area (Å²) in [6.07, 6.45) is 1.80. The fourth-order valence-corrected chi connectivity index (χ4v) is 3.19. The van der Waals surface area contributed by atoms with Crippen molar-refractivity contribution in [2.75, 3.05) is 26.6 Å². The van der Waals surface area contributed by atoms with Crippen LogP contribution < -0.4 is 19.5 Å². The first kappa shape index (κ1) is 16.6. The monoisotopic (exact) mass is 437 g/mol. The molecule has 5 nitrogen and oxygen atoms in total. The molecule has 0 bridgehead atoms. The lowest BCUT2D eigenvalue weighted by Gasteiger charge is -2.14. The minimum absolute atomic E-state index is 0.135. The van der Waals surface area contributed by atoms with E-state index in [1.54, 1.807) is 33.5 Å². The van der Waals surface area contributed by atoms with Crippen molar-refractivity contribution < 1.29 is 19.0 Å². The van der Waals surface area contributed by atoms with E-state index < -0.39 is 0 Å². The number of ether oxygens (including phenoxy) is 3. The van der Waals surface area contributed by atoms with Crippen LogP contribution in [0.2, 0.25) is 0 Å². The molecule has 0 saturated heterocycles. The molecule has 1 N–H and O–H groups in total. The summed E-state index contributed by atoms with van der Waals surface area (Å²) in [6, 6.07) is 9.47. The van der Waals surface area contributed by atoms with Crippen molar-refractivity contribution in [2.24, 2.45) is 0 Å². The van der Waals surface area contributed by atoms with Gasteiger partial charge in [-0.05, 0) is 59.0 Å². The Morgan fingerprint density at radius 3 is 2.42 bits per heavy atom. The molecule has 0 fully saturated rings. The van der Waals surface area contributed by atoms with Crippen molar-refractivity contribution in [1.29, 1.82) is 0 Å². The summed E-state index contributed by atoms with van der Waals surface area (Å²) in [5, 5.41) is 2.88. The van der Waals surface area contributed by atoms with Gasteiger partial charge in [-0.2, -0.15) is 0 Å². The van der Waals surface area contributed by atoms with E-state index in [2.05, 4.69) is 27.9 Å². The van der Waals surface area contributed by atoms with Gasteiger partial charge >= 0.3 is 0 Å². The fourth-order valence-electron chi connectivity index (χ4n) is 2.70. The Kier molecular flexibility index (Phi) is 4.66. The van der Waals surface area contributed by atoms with Gasteiger partial charge < -0.3 is 19.5 Å². The largest absolute Gasteiger partial charge is 0.493 e. The van der Waals surface area contributed by atoms with Gasteiger partial charge in [0.05, 0.1) is 21.3 Å². The summed E-state index contributed by atoms with van der Waals surface area (Å²) < 4.78 is 17.2. The van der Waals surface area contributed by atoms with Crippen LogP contribution >= 0.6 is 22.6 Å². The van der Waals surface area contributed by atoms with Gasteiger partial charge in [-0.1, -0.05) is 0 Å². The highest BCUT2D eigenvalue weighted by atomic mass is 127. The van der Waals surface area contributed by atoms with E-state index in [4.69, 9.17) is 14.2 Å². The van der Waals surface area contributed by atoms with Gasteiger partial charge in [-0.25, -0.2) is 0 Å². The number of fused-ring (bicyclic) bond motifs is 1. The maximum absolute atomic E-state index is 12.3. The van der Waals surface area contributed by atoms with Crippen molar-refractivity contribution in [3.63, 3.8) is 0 Å². The quantitative estimate of drug-likeness (QED) is 0.584. The Labute approximate surface area is 153 Å². The normalized spacial score (nSPS) is 14.3. The first-order valence-electron chi connectivity index (χ1n) is 7.21. The van der Waals surface area contributed by atoms with Crippen LogP contribution in [0.15, 0.2) is 30.3 Å². The van der Waals surface area contributed by atoms with Crippen molar-refractivity contribution in [1.82, 2.24) is 0 Å². The number of anilines is 1. The third-order valence-electron chi connectivity index (χ3n) is 3.80. The Hall–Kier alpha value is -2.22. The molecule has 0 spiro atoms. The van der Waals surface area contributed by atoms with Gasteiger partial charge in [-0.3, -0.25) is 4.79 Å². The summed E-state index contributed by atoms with van der Waals surface area (Å²) in [6.45, 7) is 0. The summed E-state index contributed by atoms with van der Waals surface area (Å²) in [7, 11) is 4.68. The highest BCUT2D eigenvalue weighted by Crippen LogP contribution is 2.42. The lowest BCUT2D eigenvalue weighted by molar-refractivity contribution is -0.110. The van der Waals surface area contributed by atoms with Crippen molar-refractivity contribution >= 4 is 45.8 Å². The van der Waals surface area contributed by atoms with Crippen LogP contribution in [-0.4, -0.2) is 27.2 Å². The van der Waals surface area contributed by atoms with E-state index >= 15 is 0 Å². The molecule has 0 atom stereocenters. The smallest absolute Gasteiger partial charge is 0.256 e. The molecule has 0 radical (unpaired) electrons. The van der Waals surface area contributed by atoms with Crippen LogP contribution in [0.4, 0.5) is 5.69 Å². The van der Waals surface area contributed by atoms with Crippen molar-refractivity contribution in [3.8, 4) is 17.2 Å². The minimum Gasteiger partial charge on any atom is -0.493 e. The molecule has 1 heterocycles. The van der Waals surface area contributed by atoms with Gasteiger partial charge in [0.2, 0.25) is 5.75 Å². The number of benzene rings is 2. The van der Waals surface area contributed by atoms with E-state index in [0.29, 0.717) is 22.8 Å². The number of carbonyl (C=O) groups is 1. The number of halogens is 1. The standard InChI is InChI=1S/C18H16INO4/c1-22-15-7-4-10(16(23-2)17(15)24-3)8-13-12-9-11(19)5-6-14(12)20-18(13)21/h4-9H,1-3H3,(H,20,21). The molecule has 3 rings (SSSR count). The molecule has 0 aliphatic carbocycles. The molecule has 24 heavy (non-hydrogen) atoms. The lowest BCUT2D eigenvalue weighted by atomic mass is 10.0. The molecule has 0 aromatic heterocycles. The van der Waals surface area contributed by atoms with Gasteiger partial charge in [0, 0.05) is 26.0 Å². The number of hydrogen-bond acceptors (Lipinski definition) is 4. The number of carbonyl (C=O) groups excluding carboxylic acids is 1. The second-order valence-corrected chi connectivity index (χ2v) is 6.37. The highest BCUT2D eigenvalue weighted by molar-refractivity contribution is 14.1. The summed E-state index contributed by atoms with van der Waals surface area (Å²) in [4.78, 5) is 12.3. The van der Waals surface area contributed by atoms with Gasteiger partial charge in [0.25, 0.3) is 5.91 Å². The zero-order chi connectivity index (χ0) is 17.3. The average Bonchev–Trinajstić information content (AvgIpc) is 2.89. The summed E-state index contributed by atoms with van der Waals surface area (Å²) in [5.74, 6) is 1.46. The second-order valence-electron chi connectivity index (χ2n) is 5.13. The molecule has 124 valence electrons. The summed E-state index contributed by atoms with van der Waals surface area (Å²) in [5.41, 5.74) is 3.02. The SMILES string of the molecule is COc1ccc(C=C2C(=O)Nc3ccc(I)cc32)c(OC)c1OC. The zero-order valence-electron chi connectivity index (χ0n) is 13.5. The number of nitrogens with one attached hydrogen (secondary N) is 1. The van der Waals surface area contributed by atoms with Crippen LogP contribution in [0.5, 0.6) is 17.2 Å². The van der Waals surface area contributed by atoms with Crippen LogP contribution in [0.1, 0.15) is 11.1 Å². The van der Waals surface area contributed by atoms with Gasteiger partial charge in [-0.15, -0.1) is 0 Å². The van der Waals surface area contributed by atoms with E-state index in [0.717, 1.165) is 20.4 Å². The van der Waals surface area contributed by atoms with E-state index in [9.17, 15) is 4.79 Å².